The number of aromatic nitrogens is 3. The number of primary amides is 1. The smallest absolute Gasteiger partial charge is 0.251 e. The number of hydrogen-bond donors (Lipinski definition) is 3. The van der Waals surface area contributed by atoms with Crippen LogP contribution in [0.3, 0.4) is 0 Å². The second-order valence-corrected chi connectivity index (χ2v) is 13.5. The monoisotopic (exact) mass is 574 g/mol. The molecule has 2 fully saturated rings. The number of sulfone groups is 1. The van der Waals surface area contributed by atoms with Crippen LogP contribution in [0.2, 0.25) is 0 Å². The highest BCUT2D eigenvalue weighted by Gasteiger charge is 2.44. The summed E-state index contributed by atoms with van der Waals surface area (Å²) in [4.78, 5) is 41.2. The molecule has 13 heteroatoms. The third-order valence-electron chi connectivity index (χ3n) is 7.88. The van der Waals surface area contributed by atoms with Gasteiger partial charge in [0.2, 0.25) is 11.8 Å². The fourth-order valence-corrected chi connectivity index (χ4v) is 6.36. The van der Waals surface area contributed by atoms with Crippen LogP contribution in [0.4, 0.5) is 0 Å². The average molecular weight is 575 g/mol. The normalized spacial score (nSPS) is 21.2. The van der Waals surface area contributed by atoms with E-state index in [0.29, 0.717) is 12.1 Å². The topological polar surface area (TPSA) is 178 Å². The first-order valence-corrected chi connectivity index (χ1v) is 15.5. The molecule has 1 aromatic carbocycles. The van der Waals surface area contributed by atoms with Crippen LogP contribution < -0.4 is 11.1 Å². The molecule has 40 heavy (non-hydrogen) atoms. The summed E-state index contributed by atoms with van der Waals surface area (Å²) >= 11 is 0. The van der Waals surface area contributed by atoms with E-state index < -0.39 is 51.3 Å². The van der Waals surface area contributed by atoms with Crippen molar-refractivity contribution in [3.63, 3.8) is 0 Å². The minimum atomic E-state index is -3.43. The average Bonchev–Trinajstić information content (AvgIpc) is 3.56. The van der Waals surface area contributed by atoms with Gasteiger partial charge in [0.1, 0.15) is 17.7 Å². The van der Waals surface area contributed by atoms with Crippen LogP contribution >= 0.6 is 0 Å². The van der Waals surface area contributed by atoms with E-state index >= 15 is 0 Å². The summed E-state index contributed by atoms with van der Waals surface area (Å²) in [6.07, 6.45) is 8.27. The van der Waals surface area contributed by atoms with E-state index in [1.54, 1.807) is 13.8 Å². The first kappa shape index (κ1) is 29.7. The summed E-state index contributed by atoms with van der Waals surface area (Å²) in [7, 11) is -3.43. The summed E-state index contributed by atoms with van der Waals surface area (Å²) in [5.41, 5.74) is 5.15. The lowest BCUT2D eigenvalue weighted by Gasteiger charge is -2.31. The number of aliphatic hydroxyl groups is 1. The van der Waals surface area contributed by atoms with E-state index in [1.165, 1.54) is 40.0 Å². The van der Waals surface area contributed by atoms with Crippen molar-refractivity contribution in [2.24, 2.45) is 11.7 Å². The van der Waals surface area contributed by atoms with Gasteiger partial charge in [-0.2, -0.15) is 0 Å². The minimum absolute atomic E-state index is 0.0878. The molecule has 2 heterocycles. The second-order valence-electron chi connectivity index (χ2n) is 11.5. The van der Waals surface area contributed by atoms with E-state index in [4.69, 9.17) is 5.73 Å². The highest BCUT2D eigenvalue weighted by Crippen LogP contribution is 2.33. The van der Waals surface area contributed by atoms with Gasteiger partial charge in [-0.05, 0) is 50.5 Å². The van der Waals surface area contributed by atoms with Gasteiger partial charge >= 0.3 is 0 Å². The maximum Gasteiger partial charge on any atom is 0.251 e. The number of carbonyl (C=O) groups is 3. The molecular formula is C27H38N6O6S. The number of nitrogens with zero attached hydrogens (tertiary/aromatic N) is 4. The fraction of sp³-hybridized carbons (Fsp3) is 0.593. The zero-order valence-corrected chi connectivity index (χ0v) is 23.9. The molecule has 4 N–H and O–H groups in total. The Bertz CT molecular complexity index is 1340. The van der Waals surface area contributed by atoms with E-state index in [-0.39, 0.29) is 29.3 Å². The molecule has 1 aliphatic heterocycles. The summed E-state index contributed by atoms with van der Waals surface area (Å²) in [6.45, 7) is 3.31. The van der Waals surface area contributed by atoms with Crippen molar-refractivity contribution in [2.45, 2.75) is 87.4 Å². The Balaban J connectivity index is 1.59. The van der Waals surface area contributed by atoms with Gasteiger partial charge in [-0.1, -0.05) is 37.3 Å². The predicted molar refractivity (Wildman–Crippen MR) is 146 cm³/mol. The standard InChI is InChI=1S/C27H38N6O6S/c1-27(2,37)23-15-29-31-33(23)19-14-22(24(28)34)32(16-19)26(36)21(13-17-7-5-4-6-8-17)30-25(35)18-9-11-20(12-10-18)40(3,38)39/h9-12,15,17,19,21-22,37H,4-8,13-14,16H2,1-3H3,(H2,28,34)(H,30,35)/t19?,21-,22?/m1/s1. The number of benzene rings is 1. The van der Waals surface area contributed by atoms with E-state index in [0.717, 1.165) is 38.4 Å². The molecule has 3 atom stereocenters. The van der Waals surface area contributed by atoms with Crippen LogP contribution in [0.1, 0.15) is 80.9 Å². The van der Waals surface area contributed by atoms with Crippen LogP contribution in [-0.2, 0) is 25.0 Å². The third kappa shape index (κ3) is 6.69. The van der Waals surface area contributed by atoms with Crippen LogP contribution in [0.15, 0.2) is 35.4 Å². The van der Waals surface area contributed by atoms with Crippen molar-refractivity contribution in [1.29, 1.82) is 0 Å². The van der Waals surface area contributed by atoms with Crippen molar-refractivity contribution in [3.8, 4) is 0 Å². The molecule has 3 amide bonds. The molecule has 2 unspecified atom stereocenters. The molecule has 2 aliphatic rings. The SMILES string of the molecule is CC(C)(O)c1cnnn1C1CC(C(N)=O)N(C(=O)[C@@H](CC2CCCCC2)NC(=O)c2ccc(S(C)(=O)=O)cc2)C1. The molecule has 2 aromatic rings. The molecule has 0 radical (unpaired) electrons. The van der Waals surface area contributed by atoms with Gasteiger partial charge in [-0.3, -0.25) is 14.4 Å². The molecule has 0 spiro atoms. The first-order valence-electron chi connectivity index (χ1n) is 13.6. The predicted octanol–water partition coefficient (Wildman–Crippen LogP) is 1.31. The Kier molecular flexibility index (Phi) is 8.64. The molecular weight excluding hydrogens is 536 g/mol. The van der Waals surface area contributed by atoms with E-state index in [9.17, 15) is 27.9 Å². The number of nitrogens with one attached hydrogen (secondary N) is 1. The Hall–Kier alpha value is -3.32. The van der Waals surface area contributed by atoms with Gasteiger partial charge in [0, 0.05) is 24.8 Å². The van der Waals surface area contributed by atoms with Crippen LogP contribution in [0, 0.1) is 5.92 Å². The lowest BCUT2D eigenvalue weighted by molar-refractivity contribution is -0.139. The highest BCUT2D eigenvalue weighted by molar-refractivity contribution is 7.90. The van der Waals surface area contributed by atoms with Crippen molar-refractivity contribution in [3.05, 3.63) is 41.7 Å². The van der Waals surface area contributed by atoms with Crippen molar-refractivity contribution >= 4 is 27.6 Å². The van der Waals surface area contributed by atoms with Gasteiger partial charge in [-0.15, -0.1) is 5.10 Å². The maximum absolute atomic E-state index is 14.0. The van der Waals surface area contributed by atoms with Crippen molar-refractivity contribution < 1.29 is 27.9 Å². The number of nitrogens with two attached hydrogens (primary N) is 1. The Morgan fingerprint density at radius 1 is 1.15 bits per heavy atom. The van der Waals surface area contributed by atoms with Gasteiger partial charge in [0.25, 0.3) is 5.91 Å². The van der Waals surface area contributed by atoms with Gasteiger partial charge in [0.15, 0.2) is 9.84 Å². The Morgan fingerprint density at radius 2 is 1.80 bits per heavy atom. The molecule has 0 bridgehead atoms. The van der Waals surface area contributed by atoms with Crippen LogP contribution in [0.5, 0.6) is 0 Å². The zero-order chi connectivity index (χ0) is 29.2. The summed E-state index contributed by atoms with van der Waals surface area (Å²) in [5.74, 6) is -1.36. The van der Waals surface area contributed by atoms with Gasteiger partial charge in [0.05, 0.1) is 22.8 Å². The first-order chi connectivity index (χ1) is 18.8. The fourth-order valence-electron chi connectivity index (χ4n) is 5.73. The number of carbonyl (C=O) groups excluding carboxylic acids is 3. The maximum atomic E-state index is 14.0. The van der Waals surface area contributed by atoms with Crippen molar-refractivity contribution in [2.75, 3.05) is 12.8 Å². The lowest BCUT2D eigenvalue weighted by Crippen LogP contribution is -2.53. The third-order valence-corrected chi connectivity index (χ3v) is 9.01. The Morgan fingerprint density at radius 3 is 2.38 bits per heavy atom. The molecule has 12 nitrogen and oxygen atoms in total. The van der Waals surface area contributed by atoms with Gasteiger partial charge < -0.3 is 21.1 Å². The highest BCUT2D eigenvalue weighted by atomic mass is 32.2. The van der Waals surface area contributed by atoms with E-state index in [1.807, 2.05) is 0 Å². The number of amides is 3. The van der Waals surface area contributed by atoms with Crippen LogP contribution in [-0.4, -0.2) is 76.0 Å². The summed E-state index contributed by atoms with van der Waals surface area (Å²) in [5, 5.41) is 21.4. The van der Waals surface area contributed by atoms with E-state index in [2.05, 4.69) is 15.6 Å². The molecule has 218 valence electrons. The second kappa shape index (κ2) is 11.7. The van der Waals surface area contributed by atoms with Crippen LogP contribution in [0.25, 0.3) is 0 Å². The largest absolute Gasteiger partial charge is 0.384 e. The minimum Gasteiger partial charge on any atom is -0.384 e. The summed E-state index contributed by atoms with van der Waals surface area (Å²) in [6, 6.07) is 3.26. The molecule has 1 aromatic heterocycles. The number of rotatable bonds is 9. The molecule has 1 aliphatic carbocycles. The Labute approximate surface area is 234 Å². The lowest BCUT2D eigenvalue weighted by atomic mass is 9.84. The molecule has 1 saturated carbocycles. The number of likely N-dealkylation sites (tertiary alicyclic amines) is 1. The quantitative estimate of drug-likeness (QED) is 0.401. The van der Waals surface area contributed by atoms with Crippen molar-refractivity contribution in [1.82, 2.24) is 25.2 Å². The van der Waals surface area contributed by atoms with Gasteiger partial charge in [-0.25, -0.2) is 13.1 Å². The number of hydrogen-bond acceptors (Lipinski definition) is 8. The summed E-state index contributed by atoms with van der Waals surface area (Å²) < 4.78 is 25.1. The zero-order valence-electron chi connectivity index (χ0n) is 23.1. The molecule has 1 saturated heterocycles. The molecule has 4 rings (SSSR count).